The van der Waals surface area contributed by atoms with Gasteiger partial charge >= 0.3 is 0 Å². The Morgan fingerprint density at radius 2 is 2.21 bits per heavy atom. The number of likely N-dealkylation sites (N-methyl/N-ethyl adjacent to an activating group) is 1. The van der Waals surface area contributed by atoms with Gasteiger partial charge in [-0.3, -0.25) is 9.88 Å². The largest absolute Gasteiger partial charge is 0.329 e. The van der Waals surface area contributed by atoms with E-state index >= 15 is 0 Å². The smallest absolute Gasteiger partial charge is 0.0334 e. The highest BCUT2D eigenvalue weighted by molar-refractivity contribution is 5.09. The maximum atomic E-state index is 6.14. The molecule has 1 aliphatic carbocycles. The molecule has 3 unspecified atom stereocenters. The number of hydrogen-bond donors (Lipinski definition) is 1. The summed E-state index contributed by atoms with van der Waals surface area (Å²) in [6.45, 7) is 6.42. The van der Waals surface area contributed by atoms with Crippen LogP contribution in [0, 0.1) is 11.8 Å². The van der Waals surface area contributed by atoms with Crippen molar-refractivity contribution in [1.82, 2.24) is 9.88 Å². The Morgan fingerprint density at radius 1 is 1.42 bits per heavy atom. The van der Waals surface area contributed by atoms with E-state index < -0.39 is 0 Å². The molecule has 0 aliphatic heterocycles. The minimum absolute atomic E-state index is 0.168. The molecule has 1 fully saturated rings. The van der Waals surface area contributed by atoms with Crippen LogP contribution in [0.3, 0.4) is 0 Å². The van der Waals surface area contributed by atoms with Crippen LogP contribution < -0.4 is 5.73 Å². The lowest BCUT2D eigenvalue weighted by Crippen LogP contribution is -2.55. The molecule has 0 bridgehead atoms. The topological polar surface area (TPSA) is 42.1 Å². The molecule has 2 rings (SSSR count). The van der Waals surface area contributed by atoms with E-state index in [1.54, 1.807) is 0 Å². The van der Waals surface area contributed by atoms with Gasteiger partial charge in [0.25, 0.3) is 0 Å². The van der Waals surface area contributed by atoms with E-state index in [1.807, 2.05) is 18.5 Å². The number of pyridine rings is 1. The first-order valence-corrected chi connectivity index (χ1v) is 7.37. The molecular formula is C16H27N3. The summed E-state index contributed by atoms with van der Waals surface area (Å²) in [5, 5.41) is 0. The van der Waals surface area contributed by atoms with Crippen LogP contribution in [-0.4, -0.2) is 29.0 Å². The molecular weight excluding hydrogens is 234 g/mol. The first-order valence-electron chi connectivity index (χ1n) is 7.37. The van der Waals surface area contributed by atoms with Gasteiger partial charge in [-0.05, 0) is 49.8 Å². The summed E-state index contributed by atoms with van der Waals surface area (Å²) in [4.78, 5) is 6.65. The van der Waals surface area contributed by atoms with Gasteiger partial charge in [0.05, 0.1) is 0 Å². The molecule has 1 aliphatic rings. The lowest BCUT2D eigenvalue weighted by molar-refractivity contribution is 0.0349. The SMILES string of the molecule is CC1CCC(CN)(N(C)Cc2cccnc2)CC1C. The van der Waals surface area contributed by atoms with Gasteiger partial charge in [0.15, 0.2) is 0 Å². The lowest BCUT2D eigenvalue weighted by atomic mass is 9.70. The number of rotatable bonds is 4. The van der Waals surface area contributed by atoms with E-state index in [-0.39, 0.29) is 5.54 Å². The van der Waals surface area contributed by atoms with E-state index in [4.69, 9.17) is 5.73 Å². The number of nitrogens with two attached hydrogens (primary N) is 1. The Balaban J connectivity index is 2.08. The van der Waals surface area contributed by atoms with E-state index in [0.29, 0.717) is 0 Å². The molecule has 0 spiro atoms. The highest BCUT2D eigenvalue weighted by Gasteiger charge is 2.39. The minimum Gasteiger partial charge on any atom is -0.329 e. The van der Waals surface area contributed by atoms with Gasteiger partial charge < -0.3 is 5.73 Å². The number of aromatic nitrogens is 1. The second kappa shape index (κ2) is 6.02. The summed E-state index contributed by atoms with van der Waals surface area (Å²) in [6.07, 6.45) is 7.49. The third-order valence-corrected chi connectivity index (χ3v) is 5.07. The second-order valence-corrected chi connectivity index (χ2v) is 6.34. The van der Waals surface area contributed by atoms with Crippen LogP contribution in [0.2, 0.25) is 0 Å². The first-order chi connectivity index (χ1) is 9.07. The van der Waals surface area contributed by atoms with Crippen LogP contribution in [-0.2, 0) is 6.54 Å². The van der Waals surface area contributed by atoms with Crippen molar-refractivity contribution in [1.29, 1.82) is 0 Å². The van der Waals surface area contributed by atoms with Gasteiger partial charge in [-0.1, -0.05) is 19.9 Å². The van der Waals surface area contributed by atoms with E-state index in [9.17, 15) is 0 Å². The van der Waals surface area contributed by atoms with Gasteiger partial charge in [0.1, 0.15) is 0 Å². The first kappa shape index (κ1) is 14.5. The third kappa shape index (κ3) is 3.15. The van der Waals surface area contributed by atoms with Crippen molar-refractivity contribution in [3.05, 3.63) is 30.1 Å². The van der Waals surface area contributed by atoms with Crippen LogP contribution >= 0.6 is 0 Å². The normalized spacial score (nSPS) is 31.6. The number of nitrogens with zero attached hydrogens (tertiary/aromatic N) is 2. The van der Waals surface area contributed by atoms with Crippen molar-refractivity contribution in [3.63, 3.8) is 0 Å². The maximum Gasteiger partial charge on any atom is 0.0334 e. The minimum atomic E-state index is 0.168. The Bertz CT molecular complexity index is 392. The molecule has 1 heterocycles. The van der Waals surface area contributed by atoms with Crippen molar-refractivity contribution in [2.24, 2.45) is 17.6 Å². The van der Waals surface area contributed by atoms with Crippen LogP contribution in [0.1, 0.15) is 38.7 Å². The third-order valence-electron chi connectivity index (χ3n) is 5.07. The van der Waals surface area contributed by atoms with Crippen LogP contribution in [0.25, 0.3) is 0 Å². The molecule has 0 aromatic carbocycles. The Morgan fingerprint density at radius 3 is 2.79 bits per heavy atom. The molecule has 3 heteroatoms. The standard InChI is InChI=1S/C16H27N3/c1-13-6-7-16(12-17,9-14(13)2)19(3)11-15-5-4-8-18-10-15/h4-5,8,10,13-14H,6-7,9,11-12,17H2,1-3H3. The summed E-state index contributed by atoms with van der Waals surface area (Å²) in [5.74, 6) is 1.58. The molecule has 1 aromatic heterocycles. The molecule has 3 atom stereocenters. The Labute approximate surface area is 117 Å². The molecule has 106 valence electrons. The fourth-order valence-corrected chi connectivity index (χ4v) is 3.30. The van der Waals surface area contributed by atoms with Crippen molar-refractivity contribution >= 4 is 0 Å². The van der Waals surface area contributed by atoms with E-state index in [0.717, 1.165) is 24.9 Å². The predicted molar refractivity (Wildman–Crippen MR) is 79.7 cm³/mol. The van der Waals surface area contributed by atoms with Gasteiger partial charge in [0.2, 0.25) is 0 Å². The van der Waals surface area contributed by atoms with Crippen molar-refractivity contribution in [2.75, 3.05) is 13.6 Å². The second-order valence-electron chi connectivity index (χ2n) is 6.34. The predicted octanol–water partition coefficient (Wildman–Crippen LogP) is 2.67. The van der Waals surface area contributed by atoms with Crippen LogP contribution in [0.5, 0.6) is 0 Å². The fraction of sp³-hybridized carbons (Fsp3) is 0.688. The van der Waals surface area contributed by atoms with E-state index in [1.165, 1.54) is 24.8 Å². The fourth-order valence-electron chi connectivity index (χ4n) is 3.30. The average molecular weight is 261 g/mol. The molecule has 1 aromatic rings. The zero-order valence-electron chi connectivity index (χ0n) is 12.5. The highest BCUT2D eigenvalue weighted by atomic mass is 15.2. The summed E-state index contributed by atoms with van der Waals surface area (Å²) in [6, 6.07) is 4.15. The molecule has 2 N–H and O–H groups in total. The summed E-state index contributed by atoms with van der Waals surface area (Å²) in [5.41, 5.74) is 7.58. The lowest BCUT2D eigenvalue weighted by Gasteiger charge is -2.48. The average Bonchev–Trinajstić information content (AvgIpc) is 2.43. The van der Waals surface area contributed by atoms with Crippen LogP contribution in [0.15, 0.2) is 24.5 Å². The van der Waals surface area contributed by atoms with Gasteiger partial charge in [0, 0.05) is 31.0 Å². The molecule has 0 saturated heterocycles. The molecule has 19 heavy (non-hydrogen) atoms. The van der Waals surface area contributed by atoms with Gasteiger partial charge in [-0.15, -0.1) is 0 Å². The van der Waals surface area contributed by atoms with Crippen molar-refractivity contribution in [2.45, 2.75) is 45.2 Å². The Hall–Kier alpha value is -0.930. The van der Waals surface area contributed by atoms with Crippen LogP contribution in [0.4, 0.5) is 0 Å². The monoisotopic (exact) mass is 261 g/mol. The maximum absolute atomic E-state index is 6.14. The van der Waals surface area contributed by atoms with Crippen molar-refractivity contribution < 1.29 is 0 Å². The Kier molecular flexibility index (Phi) is 4.58. The molecule has 3 nitrogen and oxygen atoms in total. The summed E-state index contributed by atoms with van der Waals surface area (Å²) < 4.78 is 0. The summed E-state index contributed by atoms with van der Waals surface area (Å²) in [7, 11) is 2.21. The quantitative estimate of drug-likeness (QED) is 0.906. The van der Waals surface area contributed by atoms with Crippen molar-refractivity contribution in [3.8, 4) is 0 Å². The van der Waals surface area contributed by atoms with E-state index in [2.05, 4.69) is 36.8 Å². The zero-order valence-corrected chi connectivity index (χ0v) is 12.5. The van der Waals surface area contributed by atoms with Gasteiger partial charge in [-0.2, -0.15) is 0 Å². The molecule has 0 radical (unpaired) electrons. The van der Waals surface area contributed by atoms with Gasteiger partial charge in [-0.25, -0.2) is 0 Å². The highest BCUT2D eigenvalue weighted by Crippen LogP contribution is 2.39. The molecule has 0 amide bonds. The molecule has 1 saturated carbocycles. The zero-order chi connectivity index (χ0) is 13.9. The summed E-state index contributed by atoms with van der Waals surface area (Å²) >= 11 is 0. The number of hydrogen-bond acceptors (Lipinski definition) is 3.